The fourth-order valence-electron chi connectivity index (χ4n) is 1.55. The SMILES string of the molecule is Cc1ccccc1-n1nc(S(C)(=O)=O)cc1N. The maximum atomic E-state index is 11.4. The third-order valence-electron chi connectivity index (χ3n) is 2.44. The number of aromatic nitrogens is 2. The first-order valence-corrected chi connectivity index (χ1v) is 6.90. The van der Waals surface area contributed by atoms with E-state index in [9.17, 15) is 8.42 Å². The van der Waals surface area contributed by atoms with Gasteiger partial charge in [0.2, 0.25) is 0 Å². The number of hydrogen-bond acceptors (Lipinski definition) is 4. The Morgan fingerprint density at radius 1 is 1.29 bits per heavy atom. The molecular formula is C11H13N3O2S. The van der Waals surface area contributed by atoms with Gasteiger partial charge in [0.1, 0.15) is 5.82 Å². The van der Waals surface area contributed by atoms with Crippen molar-refractivity contribution in [2.45, 2.75) is 11.9 Å². The molecule has 0 spiro atoms. The predicted molar refractivity (Wildman–Crippen MR) is 65.8 cm³/mol. The summed E-state index contributed by atoms with van der Waals surface area (Å²) < 4.78 is 24.2. The van der Waals surface area contributed by atoms with Gasteiger partial charge in [-0.15, -0.1) is 0 Å². The van der Waals surface area contributed by atoms with Gasteiger partial charge in [-0.1, -0.05) is 18.2 Å². The summed E-state index contributed by atoms with van der Waals surface area (Å²) in [7, 11) is -3.34. The highest BCUT2D eigenvalue weighted by Crippen LogP contribution is 2.19. The van der Waals surface area contributed by atoms with Crippen LogP contribution < -0.4 is 5.73 Å². The summed E-state index contributed by atoms with van der Waals surface area (Å²) in [5.41, 5.74) is 7.53. The molecule has 0 aliphatic rings. The van der Waals surface area contributed by atoms with Crippen LogP contribution in [0.25, 0.3) is 5.69 Å². The minimum Gasteiger partial charge on any atom is -0.384 e. The van der Waals surface area contributed by atoms with Gasteiger partial charge in [0.15, 0.2) is 14.9 Å². The first-order chi connectivity index (χ1) is 7.89. The fourth-order valence-corrected chi connectivity index (χ4v) is 2.11. The topological polar surface area (TPSA) is 78.0 Å². The average Bonchev–Trinajstić information content (AvgIpc) is 2.61. The molecule has 0 saturated heterocycles. The lowest BCUT2D eigenvalue weighted by molar-refractivity contribution is 0.596. The van der Waals surface area contributed by atoms with E-state index in [0.29, 0.717) is 5.82 Å². The molecule has 90 valence electrons. The van der Waals surface area contributed by atoms with Gasteiger partial charge in [-0.05, 0) is 18.6 Å². The molecule has 1 heterocycles. The summed E-state index contributed by atoms with van der Waals surface area (Å²) >= 11 is 0. The van der Waals surface area contributed by atoms with E-state index in [1.54, 1.807) is 0 Å². The van der Waals surface area contributed by atoms with Crippen LogP contribution in [0.3, 0.4) is 0 Å². The minimum atomic E-state index is -3.34. The molecule has 0 bridgehead atoms. The van der Waals surface area contributed by atoms with E-state index >= 15 is 0 Å². The van der Waals surface area contributed by atoms with E-state index in [1.807, 2.05) is 31.2 Å². The molecule has 6 heteroatoms. The van der Waals surface area contributed by atoms with Crippen molar-refractivity contribution in [3.63, 3.8) is 0 Å². The highest BCUT2D eigenvalue weighted by atomic mass is 32.2. The van der Waals surface area contributed by atoms with Crippen molar-refractivity contribution in [1.82, 2.24) is 9.78 Å². The quantitative estimate of drug-likeness (QED) is 0.869. The van der Waals surface area contributed by atoms with Crippen LogP contribution in [-0.4, -0.2) is 24.5 Å². The van der Waals surface area contributed by atoms with E-state index in [-0.39, 0.29) is 5.03 Å². The highest BCUT2D eigenvalue weighted by Gasteiger charge is 2.15. The van der Waals surface area contributed by atoms with Crippen LogP contribution in [0.5, 0.6) is 0 Å². The number of benzene rings is 1. The van der Waals surface area contributed by atoms with Crippen LogP contribution in [0, 0.1) is 6.92 Å². The summed E-state index contributed by atoms with van der Waals surface area (Å²) in [5, 5.41) is 4.00. The highest BCUT2D eigenvalue weighted by molar-refractivity contribution is 7.90. The molecule has 0 radical (unpaired) electrons. The second-order valence-corrected chi connectivity index (χ2v) is 5.84. The van der Waals surface area contributed by atoms with Crippen LogP contribution in [-0.2, 0) is 9.84 Å². The largest absolute Gasteiger partial charge is 0.384 e. The molecule has 2 rings (SSSR count). The molecular weight excluding hydrogens is 238 g/mol. The summed E-state index contributed by atoms with van der Waals surface area (Å²) in [5.74, 6) is 0.305. The molecule has 5 nitrogen and oxygen atoms in total. The second-order valence-electron chi connectivity index (χ2n) is 3.88. The number of sulfone groups is 1. The molecule has 17 heavy (non-hydrogen) atoms. The van der Waals surface area contributed by atoms with Crippen molar-refractivity contribution in [3.8, 4) is 5.69 Å². The fraction of sp³-hybridized carbons (Fsp3) is 0.182. The Morgan fingerprint density at radius 2 is 1.94 bits per heavy atom. The zero-order chi connectivity index (χ0) is 12.6. The lowest BCUT2D eigenvalue weighted by Crippen LogP contribution is -2.04. The summed E-state index contributed by atoms with van der Waals surface area (Å²) in [6, 6.07) is 8.86. The molecule has 0 aliphatic heterocycles. The van der Waals surface area contributed by atoms with Gasteiger partial charge in [0.25, 0.3) is 0 Å². The van der Waals surface area contributed by atoms with E-state index < -0.39 is 9.84 Å². The number of anilines is 1. The van der Waals surface area contributed by atoms with Gasteiger partial charge in [-0.25, -0.2) is 13.1 Å². The molecule has 0 unspecified atom stereocenters. The Morgan fingerprint density at radius 3 is 2.47 bits per heavy atom. The Kier molecular flexibility index (Phi) is 2.66. The molecule has 2 aromatic rings. The predicted octanol–water partition coefficient (Wildman–Crippen LogP) is 1.17. The first kappa shape index (κ1) is 11.7. The zero-order valence-corrected chi connectivity index (χ0v) is 10.4. The third-order valence-corrected chi connectivity index (χ3v) is 3.40. The summed E-state index contributed by atoms with van der Waals surface area (Å²) in [4.78, 5) is 0. The lowest BCUT2D eigenvalue weighted by atomic mass is 10.2. The van der Waals surface area contributed by atoms with E-state index in [1.165, 1.54) is 10.7 Å². The molecule has 1 aromatic heterocycles. The van der Waals surface area contributed by atoms with Crippen molar-refractivity contribution in [2.75, 3.05) is 12.0 Å². The van der Waals surface area contributed by atoms with Crippen LogP contribution in [0.4, 0.5) is 5.82 Å². The number of hydrogen-bond donors (Lipinski definition) is 1. The Bertz CT molecular complexity index is 659. The number of nitrogens with two attached hydrogens (primary N) is 1. The van der Waals surface area contributed by atoms with Gasteiger partial charge < -0.3 is 5.73 Å². The standard InChI is InChI=1S/C11H13N3O2S/c1-8-5-3-4-6-9(8)14-10(12)7-11(13-14)17(2,15)16/h3-7H,12H2,1-2H3. The van der Waals surface area contributed by atoms with E-state index in [2.05, 4.69) is 5.10 Å². The van der Waals surface area contributed by atoms with E-state index in [0.717, 1.165) is 17.5 Å². The maximum Gasteiger partial charge on any atom is 0.194 e. The number of nitrogen functional groups attached to an aromatic ring is 1. The van der Waals surface area contributed by atoms with Gasteiger partial charge >= 0.3 is 0 Å². The van der Waals surface area contributed by atoms with E-state index in [4.69, 9.17) is 5.73 Å². The van der Waals surface area contributed by atoms with Gasteiger partial charge in [0, 0.05) is 12.3 Å². The number of aryl methyl sites for hydroxylation is 1. The number of rotatable bonds is 2. The molecule has 0 amide bonds. The van der Waals surface area contributed by atoms with Crippen LogP contribution in [0.15, 0.2) is 35.4 Å². The number of nitrogens with zero attached hydrogens (tertiary/aromatic N) is 2. The zero-order valence-electron chi connectivity index (χ0n) is 9.58. The molecule has 1 aromatic carbocycles. The lowest BCUT2D eigenvalue weighted by Gasteiger charge is -2.06. The molecule has 0 saturated carbocycles. The summed E-state index contributed by atoms with van der Waals surface area (Å²) in [6.45, 7) is 1.91. The van der Waals surface area contributed by atoms with Crippen molar-refractivity contribution in [1.29, 1.82) is 0 Å². The first-order valence-electron chi connectivity index (χ1n) is 5.01. The monoisotopic (exact) mass is 251 g/mol. The van der Waals surface area contributed by atoms with Crippen molar-refractivity contribution < 1.29 is 8.42 Å². The van der Waals surface area contributed by atoms with Crippen LogP contribution in [0.1, 0.15) is 5.56 Å². The van der Waals surface area contributed by atoms with Gasteiger partial charge in [-0.2, -0.15) is 5.10 Å². The second kappa shape index (κ2) is 3.89. The van der Waals surface area contributed by atoms with Gasteiger partial charge in [0.05, 0.1) is 5.69 Å². The van der Waals surface area contributed by atoms with Crippen LogP contribution >= 0.6 is 0 Å². The Hall–Kier alpha value is -1.82. The molecule has 0 atom stereocenters. The van der Waals surface area contributed by atoms with Crippen molar-refractivity contribution >= 4 is 15.7 Å². The Labute approximate surface area is 99.8 Å². The maximum absolute atomic E-state index is 11.4. The number of para-hydroxylation sites is 1. The smallest absolute Gasteiger partial charge is 0.194 e. The van der Waals surface area contributed by atoms with Crippen molar-refractivity contribution in [3.05, 3.63) is 35.9 Å². The summed E-state index contributed by atoms with van der Waals surface area (Å²) in [6.07, 6.45) is 1.11. The molecule has 0 fully saturated rings. The van der Waals surface area contributed by atoms with Crippen LogP contribution in [0.2, 0.25) is 0 Å². The molecule has 0 aliphatic carbocycles. The van der Waals surface area contributed by atoms with Crippen molar-refractivity contribution in [2.24, 2.45) is 0 Å². The average molecular weight is 251 g/mol. The Balaban J connectivity index is 2.63. The molecule has 2 N–H and O–H groups in total. The normalized spacial score (nSPS) is 11.6. The minimum absolute atomic E-state index is 0.0155. The third kappa shape index (κ3) is 2.16. The van der Waals surface area contributed by atoms with Gasteiger partial charge in [-0.3, -0.25) is 0 Å².